The zero-order chi connectivity index (χ0) is 14.0. The van der Waals surface area contributed by atoms with E-state index in [1.54, 1.807) is 0 Å². The Morgan fingerprint density at radius 3 is 2.56 bits per heavy atom. The van der Waals surface area contributed by atoms with Gasteiger partial charge in [-0.2, -0.15) is 0 Å². The molecule has 1 saturated carbocycles. The fraction of sp³-hybridized carbons (Fsp3) is 0.929. The lowest BCUT2D eigenvalue weighted by Gasteiger charge is -2.32. The fourth-order valence-corrected chi connectivity index (χ4v) is 2.98. The molecule has 1 aliphatic rings. The molecule has 1 fully saturated rings. The molecule has 18 heavy (non-hydrogen) atoms. The lowest BCUT2D eigenvalue weighted by molar-refractivity contribution is -0.148. The van der Waals surface area contributed by atoms with Crippen molar-refractivity contribution in [3.63, 3.8) is 0 Å². The van der Waals surface area contributed by atoms with Gasteiger partial charge in [-0.25, -0.2) is 0 Å². The number of carbonyl (C=O) groups is 1. The van der Waals surface area contributed by atoms with E-state index in [4.69, 9.17) is 4.74 Å². The molecule has 1 N–H and O–H groups in total. The second-order valence-corrected chi connectivity index (χ2v) is 6.70. The molecule has 0 aliphatic heterocycles. The molecule has 0 aromatic heterocycles. The van der Waals surface area contributed by atoms with Crippen LogP contribution in [-0.4, -0.2) is 50.2 Å². The fourth-order valence-electron chi connectivity index (χ4n) is 2.98. The lowest BCUT2D eigenvalue weighted by Crippen LogP contribution is -2.50. The van der Waals surface area contributed by atoms with Crippen LogP contribution in [0.1, 0.15) is 40.0 Å². The molecule has 0 bridgehead atoms. The van der Waals surface area contributed by atoms with Crippen molar-refractivity contribution in [2.24, 2.45) is 5.41 Å². The van der Waals surface area contributed by atoms with E-state index in [-0.39, 0.29) is 11.4 Å². The van der Waals surface area contributed by atoms with Crippen LogP contribution in [0, 0.1) is 5.41 Å². The predicted molar refractivity (Wildman–Crippen MR) is 73.5 cm³/mol. The van der Waals surface area contributed by atoms with Crippen LogP contribution in [0.5, 0.6) is 0 Å². The molecule has 2 atom stereocenters. The van der Waals surface area contributed by atoms with E-state index in [0.717, 1.165) is 25.8 Å². The lowest BCUT2D eigenvalue weighted by atomic mass is 9.94. The second-order valence-electron chi connectivity index (χ2n) is 6.70. The number of nitrogens with zero attached hydrogens (tertiary/aromatic N) is 1. The SMILES string of the molecule is CNC1(C(=O)OC)CCC(N(C)CC(C)(C)C)C1. The van der Waals surface area contributed by atoms with Crippen molar-refractivity contribution in [3.05, 3.63) is 0 Å². The summed E-state index contributed by atoms with van der Waals surface area (Å²) in [4.78, 5) is 14.3. The van der Waals surface area contributed by atoms with Gasteiger partial charge in [-0.3, -0.25) is 4.79 Å². The summed E-state index contributed by atoms with van der Waals surface area (Å²) in [7, 11) is 5.47. The summed E-state index contributed by atoms with van der Waals surface area (Å²) in [6, 6.07) is 0.454. The van der Waals surface area contributed by atoms with E-state index < -0.39 is 5.54 Å². The summed E-state index contributed by atoms with van der Waals surface area (Å²) in [6.07, 6.45) is 2.74. The van der Waals surface area contributed by atoms with E-state index in [2.05, 4.69) is 38.0 Å². The topological polar surface area (TPSA) is 41.6 Å². The Kier molecular flexibility index (Phi) is 4.78. The molecule has 106 valence electrons. The molecule has 0 spiro atoms. The Bertz CT molecular complexity index is 299. The molecule has 2 unspecified atom stereocenters. The van der Waals surface area contributed by atoms with Gasteiger partial charge in [0, 0.05) is 12.6 Å². The summed E-state index contributed by atoms with van der Waals surface area (Å²) in [6.45, 7) is 7.76. The second kappa shape index (κ2) is 5.57. The number of likely N-dealkylation sites (N-methyl/N-ethyl adjacent to an activating group) is 1. The summed E-state index contributed by atoms with van der Waals surface area (Å²) < 4.78 is 4.94. The van der Waals surface area contributed by atoms with Gasteiger partial charge in [0.15, 0.2) is 0 Å². The molecule has 1 aliphatic carbocycles. The van der Waals surface area contributed by atoms with Crippen LogP contribution in [0.3, 0.4) is 0 Å². The first-order valence-electron chi connectivity index (χ1n) is 6.72. The summed E-state index contributed by atoms with van der Waals surface area (Å²) in [5.74, 6) is -0.128. The Morgan fingerprint density at radius 1 is 1.50 bits per heavy atom. The Hall–Kier alpha value is -0.610. The number of nitrogens with one attached hydrogen (secondary N) is 1. The molecule has 0 aromatic rings. The van der Waals surface area contributed by atoms with E-state index in [1.807, 2.05) is 7.05 Å². The third-order valence-corrected chi connectivity index (χ3v) is 3.89. The van der Waals surface area contributed by atoms with Gasteiger partial charge < -0.3 is 15.0 Å². The van der Waals surface area contributed by atoms with Crippen LogP contribution >= 0.6 is 0 Å². The van der Waals surface area contributed by atoms with Crippen LogP contribution in [-0.2, 0) is 9.53 Å². The molecule has 4 heteroatoms. The van der Waals surface area contributed by atoms with E-state index in [1.165, 1.54) is 7.11 Å². The van der Waals surface area contributed by atoms with Gasteiger partial charge in [-0.1, -0.05) is 20.8 Å². The third-order valence-electron chi connectivity index (χ3n) is 3.89. The first kappa shape index (κ1) is 15.4. The minimum atomic E-state index is -0.481. The molecule has 0 heterocycles. The zero-order valence-electron chi connectivity index (χ0n) is 12.7. The highest BCUT2D eigenvalue weighted by molar-refractivity contribution is 5.81. The number of esters is 1. The number of ether oxygens (including phenoxy) is 1. The number of rotatable bonds is 4. The van der Waals surface area contributed by atoms with E-state index in [0.29, 0.717) is 6.04 Å². The van der Waals surface area contributed by atoms with Gasteiger partial charge in [-0.15, -0.1) is 0 Å². The average molecular weight is 256 g/mol. The van der Waals surface area contributed by atoms with Crippen LogP contribution in [0.4, 0.5) is 0 Å². The molecule has 1 rings (SSSR count). The first-order valence-corrected chi connectivity index (χ1v) is 6.72. The zero-order valence-corrected chi connectivity index (χ0v) is 12.7. The van der Waals surface area contributed by atoms with Crippen molar-refractivity contribution >= 4 is 5.97 Å². The van der Waals surface area contributed by atoms with Crippen LogP contribution < -0.4 is 5.32 Å². The molecule has 0 saturated heterocycles. The Morgan fingerprint density at radius 2 is 2.11 bits per heavy atom. The van der Waals surface area contributed by atoms with Crippen molar-refractivity contribution in [1.82, 2.24) is 10.2 Å². The molecule has 0 radical (unpaired) electrons. The average Bonchev–Trinajstić information content (AvgIpc) is 2.71. The highest BCUT2D eigenvalue weighted by atomic mass is 16.5. The molecular formula is C14H28N2O2. The Balaban J connectivity index is 2.67. The van der Waals surface area contributed by atoms with Gasteiger partial charge in [0.1, 0.15) is 5.54 Å². The summed E-state index contributed by atoms with van der Waals surface area (Å²) in [5.41, 5.74) is -0.198. The van der Waals surface area contributed by atoms with Crippen LogP contribution in [0.2, 0.25) is 0 Å². The van der Waals surface area contributed by atoms with Gasteiger partial charge in [0.05, 0.1) is 7.11 Å². The monoisotopic (exact) mass is 256 g/mol. The van der Waals surface area contributed by atoms with Gasteiger partial charge in [0.25, 0.3) is 0 Å². The van der Waals surface area contributed by atoms with Gasteiger partial charge >= 0.3 is 5.97 Å². The van der Waals surface area contributed by atoms with Crippen molar-refractivity contribution < 1.29 is 9.53 Å². The highest BCUT2D eigenvalue weighted by Gasteiger charge is 2.46. The molecule has 0 aromatic carbocycles. The maximum atomic E-state index is 11.9. The normalized spacial score (nSPS) is 28.7. The first-order chi connectivity index (χ1) is 8.24. The number of carbonyl (C=O) groups excluding carboxylic acids is 1. The molecule has 0 amide bonds. The summed E-state index contributed by atoms with van der Waals surface area (Å²) in [5, 5.41) is 3.17. The van der Waals surface area contributed by atoms with Gasteiger partial charge in [-0.05, 0) is 38.8 Å². The predicted octanol–water partition coefficient (Wildman–Crippen LogP) is 1.65. The number of hydrogen-bond acceptors (Lipinski definition) is 4. The van der Waals surface area contributed by atoms with Crippen molar-refractivity contribution in [2.45, 2.75) is 51.6 Å². The quantitative estimate of drug-likeness (QED) is 0.777. The van der Waals surface area contributed by atoms with Crippen molar-refractivity contribution in [3.8, 4) is 0 Å². The standard InChI is InChI=1S/C14H28N2O2/c1-13(2,3)10-16(5)11-7-8-14(9-11,15-4)12(17)18-6/h11,15H,7-10H2,1-6H3. The van der Waals surface area contributed by atoms with Gasteiger partial charge in [0.2, 0.25) is 0 Å². The van der Waals surface area contributed by atoms with E-state index >= 15 is 0 Å². The number of methoxy groups -OCH3 is 1. The highest BCUT2D eigenvalue weighted by Crippen LogP contribution is 2.34. The van der Waals surface area contributed by atoms with Crippen LogP contribution in [0.25, 0.3) is 0 Å². The molecule has 4 nitrogen and oxygen atoms in total. The minimum Gasteiger partial charge on any atom is -0.468 e. The summed E-state index contributed by atoms with van der Waals surface area (Å²) >= 11 is 0. The third kappa shape index (κ3) is 3.45. The van der Waals surface area contributed by atoms with Crippen molar-refractivity contribution in [2.75, 3.05) is 27.7 Å². The smallest absolute Gasteiger partial charge is 0.326 e. The maximum Gasteiger partial charge on any atom is 0.326 e. The maximum absolute atomic E-state index is 11.9. The largest absolute Gasteiger partial charge is 0.468 e. The Labute approximate surface area is 111 Å². The van der Waals surface area contributed by atoms with Crippen LogP contribution in [0.15, 0.2) is 0 Å². The minimum absolute atomic E-state index is 0.128. The van der Waals surface area contributed by atoms with Crippen molar-refractivity contribution in [1.29, 1.82) is 0 Å². The van der Waals surface area contributed by atoms with E-state index in [9.17, 15) is 4.79 Å². The number of hydrogen-bond donors (Lipinski definition) is 1. The molecular weight excluding hydrogens is 228 g/mol.